The molecule has 2 unspecified atom stereocenters. The van der Waals surface area contributed by atoms with Gasteiger partial charge in [0.2, 0.25) is 5.91 Å². The maximum atomic E-state index is 12.4. The van der Waals surface area contributed by atoms with Gasteiger partial charge in [0.1, 0.15) is 0 Å². The van der Waals surface area contributed by atoms with Gasteiger partial charge in [-0.25, -0.2) is 0 Å². The minimum absolute atomic E-state index is 0.254. The number of rotatable bonds is 3. The quantitative estimate of drug-likeness (QED) is 0.790. The molecule has 4 heteroatoms. The van der Waals surface area contributed by atoms with Crippen molar-refractivity contribution in [2.45, 2.75) is 19.8 Å². The molecule has 0 aromatic heterocycles. The fraction of sp³-hybridized carbons (Fsp3) is 0.923. The van der Waals surface area contributed by atoms with Gasteiger partial charge < -0.3 is 15.0 Å². The van der Waals surface area contributed by atoms with Gasteiger partial charge in [0.25, 0.3) is 0 Å². The molecular weight excluding hydrogens is 216 g/mol. The smallest absolute Gasteiger partial charge is 0.225 e. The van der Waals surface area contributed by atoms with E-state index in [0.29, 0.717) is 17.7 Å². The summed E-state index contributed by atoms with van der Waals surface area (Å²) in [7, 11) is 1.74. The van der Waals surface area contributed by atoms with Crippen molar-refractivity contribution in [3.8, 4) is 0 Å². The molecule has 2 atom stereocenters. The number of hydrogen-bond donors (Lipinski definition) is 1. The van der Waals surface area contributed by atoms with Gasteiger partial charge in [-0.2, -0.15) is 0 Å². The second-order valence-electron chi connectivity index (χ2n) is 5.46. The van der Waals surface area contributed by atoms with Crippen LogP contribution in [0.2, 0.25) is 0 Å². The summed E-state index contributed by atoms with van der Waals surface area (Å²) in [6.07, 6.45) is 2.00. The van der Waals surface area contributed by atoms with Gasteiger partial charge >= 0.3 is 0 Å². The third-order valence-electron chi connectivity index (χ3n) is 4.15. The van der Waals surface area contributed by atoms with E-state index < -0.39 is 0 Å². The van der Waals surface area contributed by atoms with Crippen molar-refractivity contribution in [3.63, 3.8) is 0 Å². The highest BCUT2D eigenvalue weighted by Gasteiger charge is 2.35. The lowest BCUT2D eigenvalue weighted by Crippen LogP contribution is -2.40. The van der Waals surface area contributed by atoms with E-state index >= 15 is 0 Å². The van der Waals surface area contributed by atoms with Gasteiger partial charge in [-0.05, 0) is 31.8 Å². The predicted molar refractivity (Wildman–Crippen MR) is 66.7 cm³/mol. The summed E-state index contributed by atoms with van der Waals surface area (Å²) in [5.41, 5.74) is 0. The molecule has 17 heavy (non-hydrogen) atoms. The Morgan fingerprint density at radius 3 is 2.71 bits per heavy atom. The summed E-state index contributed by atoms with van der Waals surface area (Å²) in [6, 6.07) is 0. The van der Waals surface area contributed by atoms with Crippen LogP contribution in [-0.2, 0) is 9.53 Å². The molecule has 0 radical (unpaired) electrons. The van der Waals surface area contributed by atoms with Crippen LogP contribution in [0.4, 0.5) is 0 Å². The van der Waals surface area contributed by atoms with Gasteiger partial charge in [-0.3, -0.25) is 4.79 Å². The molecule has 1 amide bonds. The molecule has 2 fully saturated rings. The van der Waals surface area contributed by atoms with Crippen molar-refractivity contribution in [1.29, 1.82) is 0 Å². The fourth-order valence-corrected chi connectivity index (χ4v) is 2.97. The van der Waals surface area contributed by atoms with Gasteiger partial charge in [0, 0.05) is 32.0 Å². The standard InChI is InChI=1S/C13H24N2O2/c1-10-7-15(8-12(10)9-17-2)13(16)11-3-5-14-6-4-11/h10-12,14H,3-9H2,1-2H3. The average Bonchev–Trinajstić information content (AvgIpc) is 2.72. The second-order valence-corrected chi connectivity index (χ2v) is 5.46. The fourth-order valence-electron chi connectivity index (χ4n) is 2.97. The first-order valence-electron chi connectivity index (χ1n) is 6.70. The van der Waals surface area contributed by atoms with Crippen LogP contribution in [0.1, 0.15) is 19.8 Å². The lowest BCUT2D eigenvalue weighted by atomic mass is 9.97. The third kappa shape index (κ3) is 2.99. The van der Waals surface area contributed by atoms with Gasteiger partial charge in [-0.15, -0.1) is 0 Å². The van der Waals surface area contributed by atoms with E-state index in [-0.39, 0.29) is 5.92 Å². The Bertz CT molecular complexity index is 264. The van der Waals surface area contributed by atoms with Gasteiger partial charge in [-0.1, -0.05) is 6.92 Å². The predicted octanol–water partition coefficient (Wildman–Crippen LogP) is 0.727. The zero-order valence-corrected chi connectivity index (χ0v) is 10.9. The largest absolute Gasteiger partial charge is 0.384 e. The summed E-state index contributed by atoms with van der Waals surface area (Å²) >= 11 is 0. The Kier molecular flexibility index (Phi) is 4.40. The maximum absolute atomic E-state index is 12.4. The molecule has 2 heterocycles. The van der Waals surface area contributed by atoms with Crippen LogP contribution in [0.15, 0.2) is 0 Å². The minimum atomic E-state index is 0.254. The van der Waals surface area contributed by atoms with E-state index in [1.807, 2.05) is 0 Å². The molecule has 2 aliphatic rings. The summed E-state index contributed by atoms with van der Waals surface area (Å²) in [5.74, 6) is 1.72. The number of methoxy groups -OCH3 is 1. The van der Waals surface area contributed by atoms with Crippen LogP contribution in [0, 0.1) is 17.8 Å². The van der Waals surface area contributed by atoms with Crippen LogP contribution >= 0.6 is 0 Å². The van der Waals surface area contributed by atoms with E-state index in [1.54, 1.807) is 7.11 Å². The Morgan fingerprint density at radius 1 is 1.35 bits per heavy atom. The average molecular weight is 240 g/mol. The van der Waals surface area contributed by atoms with Crippen molar-refractivity contribution in [2.75, 3.05) is 39.9 Å². The highest BCUT2D eigenvalue weighted by molar-refractivity contribution is 5.79. The molecule has 0 spiro atoms. The molecule has 0 aromatic carbocycles. The Hall–Kier alpha value is -0.610. The van der Waals surface area contributed by atoms with Crippen molar-refractivity contribution < 1.29 is 9.53 Å². The monoisotopic (exact) mass is 240 g/mol. The summed E-state index contributed by atoms with van der Waals surface area (Å²) < 4.78 is 5.22. The zero-order valence-electron chi connectivity index (χ0n) is 10.9. The summed E-state index contributed by atoms with van der Waals surface area (Å²) in [4.78, 5) is 14.4. The van der Waals surface area contributed by atoms with Crippen LogP contribution in [0.5, 0.6) is 0 Å². The first-order chi connectivity index (χ1) is 8.22. The lowest BCUT2D eigenvalue weighted by Gasteiger charge is -2.26. The molecular formula is C13H24N2O2. The van der Waals surface area contributed by atoms with Crippen LogP contribution in [0.3, 0.4) is 0 Å². The van der Waals surface area contributed by atoms with Gasteiger partial charge in [0.05, 0.1) is 6.61 Å². The van der Waals surface area contributed by atoms with Crippen LogP contribution in [0.25, 0.3) is 0 Å². The van der Waals surface area contributed by atoms with E-state index in [4.69, 9.17) is 4.74 Å². The van der Waals surface area contributed by atoms with Crippen molar-refractivity contribution >= 4 is 5.91 Å². The molecule has 2 saturated heterocycles. The lowest BCUT2D eigenvalue weighted by molar-refractivity contribution is -0.135. The number of nitrogens with zero attached hydrogens (tertiary/aromatic N) is 1. The minimum Gasteiger partial charge on any atom is -0.384 e. The van der Waals surface area contributed by atoms with E-state index in [2.05, 4.69) is 17.1 Å². The SMILES string of the molecule is COCC1CN(C(=O)C2CCNCC2)CC1C. The molecule has 4 nitrogen and oxygen atoms in total. The normalized spacial score (nSPS) is 30.8. The number of piperidine rings is 1. The van der Waals surface area contributed by atoms with Crippen LogP contribution in [-0.4, -0.2) is 50.7 Å². The molecule has 0 saturated carbocycles. The summed E-state index contributed by atoms with van der Waals surface area (Å²) in [5, 5.41) is 3.31. The molecule has 0 bridgehead atoms. The molecule has 2 rings (SSSR count). The summed E-state index contributed by atoms with van der Waals surface area (Å²) in [6.45, 7) is 6.77. The van der Waals surface area contributed by atoms with Crippen LogP contribution < -0.4 is 5.32 Å². The number of nitrogens with one attached hydrogen (secondary N) is 1. The van der Waals surface area contributed by atoms with Crippen molar-refractivity contribution in [2.24, 2.45) is 17.8 Å². The van der Waals surface area contributed by atoms with Crippen molar-refractivity contribution in [1.82, 2.24) is 10.2 Å². The topological polar surface area (TPSA) is 41.6 Å². The number of ether oxygens (including phenoxy) is 1. The van der Waals surface area contributed by atoms with E-state index in [1.165, 1.54) is 0 Å². The zero-order chi connectivity index (χ0) is 12.3. The highest BCUT2D eigenvalue weighted by Crippen LogP contribution is 2.26. The Balaban J connectivity index is 1.88. The molecule has 0 aliphatic carbocycles. The maximum Gasteiger partial charge on any atom is 0.225 e. The molecule has 1 N–H and O–H groups in total. The molecule has 2 aliphatic heterocycles. The van der Waals surface area contributed by atoms with E-state index in [9.17, 15) is 4.79 Å². The van der Waals surface area contributed by atoms with Gasteiger partial charge in [0.15, 0.2) is 0 Å². The molecule has 0 aromatic rings. The number of carbonyl (C=O) groups is 1. The number of carbonyl (C=O) groups excluding carboxylic acids is 1. The van der Waals surface area contributed by atoms with Crippen molar-refractivity contribution in [3.05, 3.63) is 0 Å². The highest BCUT2D eigenvalue weighted by atomic mass is 16.5. The first-order valence-corrected chi connectivity index (χ1v) is 6.70. The molecule has 98 valence electrons. The Labute approximate surface area is 104 Å². The number of amides is 1. The third-order valence-corrected chi connectivity index (χ3v) is 4.15. The van der Waals surface area contributed by atoms with E-state index in [0.717, 1.165) is 45.6 Å². The number of hydrogen-bond acceptors (Lipinski definition) is 3. The number of likely N-dealkylation sites (tertiary alicyclic amines) is 1. The Morgan fingerprint density at radius 2 is 2.06 bits per heavy atom. The first kappa shape index (κ1) is 12.8. The second kappa shape index (κ2) is 5.83.